The standard InChI is InChI=1S/C14H18IN3/c1-10-16-12-6-5-11(9-13(12)17-10)18-14(15)7-3-2-4-8-14/h5-6,9,18H,2-4,7-8H2,1H3,(H,16,17). The molecule has 3 rings (SSSR count). The van der Waals surface area contributed by atoms with Crippen LogP contribution in [0.5, 0.6) is 0 Å². The summed E-state index contributed by atoms with van der Waals surface area (Å²) in [5, 5.41) is 3.69. The Balaban J connectivity index is 1.85. The number of H-pyrrole nitrogens is 1. The lowest BCUT2D eigenvalue weighted by molar-refractivity contribution is 0.448. The van der Waals surface area contributed by atoms with Gasteiger partial charge in [-0.1, -0.05) is 41.9 Å². The van der Waals surface area contributed by atoms with Crippen LogP contribution in [0.1, 0.15) is 37.9 Å². The second kappa shape index (κ2) is 4.72. The number of alkyl halides is 1. The quantitative estimate of drug-likeness (QED) is 0.477. The maximum Gasteiger partial charge on any atom is 0.104 e. The molecule has 0 unspecified atom stereocenters. The van der Waals surface area contributed by atoms with Gasteiger partial charge in [0.1, 0.15) is 5.82 Å². The van der Waals surface area contributed by atoms with E-state index < -0.39 is 0 Å². The zero-order chi connectivity index (χ0) is 12.6. The van der Waals surface area contributed by atoms with Gasteiger partial charge in [0.05, 0.1) is 14.6 Å². The van der Waals surface area contributed by atoms with E-state index in [4.69, 9.17) is 0 Å². The van der Waals surface area contributed by atoms with E-state index in [0.29, 0.717) is 0 Å². The van der Waals surface area contributed by atoms with Crippen molar-refractivity contribution >= 4 is 39.3 Å². The Hall–Kier alpha value is -0.780. The Kier molecular flexibility index (Phi) is 3.21. The monoisotopic (exact) mass is 355 g/mol. The number of aromatic nitrogens is 2. The average Bonchev–Trinajstić information content (AvgIpc) is 2.69. The molecule has 0 radical (unpaired) electrons. The van der Waals surface area contributed by atoms with Crippen LogP contribution >= 0.6 is 22.6 Å². The number of halogens is 1. The topological polar surface area (TPSA) is 40.7 Å². The third kappa shape index (κ3) is 2.48. The minimum Gasteiger partial charge on any atom is -0.371 e. The summed E-state index contributed by atoms with van der Waals surface area (Å²) in [6.07, 6.45) is 6.56. The molecule has 1 saturated carbocycles. The van der Waals surface area contributed by atoms with Crippen LogP contribution < -0.4 is 5.32 Å². The predicted molar refractivity (Wildman–Crippen MR) is 84.3 cm³/mol. The zero-order valence-electron chi connectivity index (χ0n) is 10.6. The van der Waals surface area contributed by atoms with E-state index in [-0.39, 0.29) is 3.55 Å². The number of nitrogens with zero attached hydrogens (tertiary/aromatic N) is 1. The minimum atomic E-state index is 0.231. The summed E-state index contributed by atoms with van der Waals surface area (Å²) in [5.41, 5.74) is 3.35. The lowest BCUT2D eigenvalue weighted by atomic mass is 9.95. The normalized spacial score (nSPS) is 19.0. The third-order valence-electron chi connectivity index (χ3n) is 3.62. The van der Waals surface area contributed by atoms with E-state index in [2.05, 4.69) is 56.1 Å². The molecule has 0 saturated heterocycles. The summed E-state index contributed by atoms with van der Waals surface area (Å²) in [7, 11) is 0. The van der Waals surface area contributed by atoms with Crippen LogP contribution in [0.3, 0.4) is 0 Å². The first-order valence-corrected chi connectivity index (χ1v) is 7.66. The molecule has 1 aromatic heterocycles. The van der Waals surface area contributed by atoms with Crippen molar-refractivity contribution in [1.82, 2.24) is 9.97 Å². The van der Waals surface area contributed by atoms with Crippen molar-refractivity contribution in [3.8, 4) is 0 Å². The fraction of sp³-hybridized carbons (Fsp3) is 0.500. The Morgan fingerprint density at radius 2 is 2.06 bits per heavy atom. The molecular formula is C14H18IN3. The molecule has 0 amide bonds. The van der Waals surface area contributed by atoms with Gasteiger partial charge in [-0.05, 0) is 38.0 Å². The Morgan fingerprint density at radius 1 is 1.28 bits per heavy atom. The van der Waals surface area contributed by atoms with E-state index in [9.17, 15) is 0 Å². The fourth-order valence-electron chi connectivity index (χ4n) is 2.71. The number of imidazole rings is 1. The molecule has 96 valence electrons. The highest BCUT2D eigenvalue weighted by Crippen LogP contribution is 2.37. The number of aromatic amines is 1. The SMILES string of the molecule is Cc1nc2cc(NC3(I)CCCCC3)ccc2[nH]1. The molecule has 1 aliphatic carbocycles. The number of fused-ring (bicyclic) bond motifs is 1. The molecular weight excluding hydrogens is 337 g/mol. The summed E-state index contributed by atoms with van der Waals surface area (Å²) in [5.74, 6) is 0.976. The lowest BCUT2D eigenvalue weighted by Crippen LogP contribution is -2.33. The molecule has 1 heterocycles. The van der Waals surface area contributed by atoms with Crippen molar-refractivity contribution in [2.45, 2.75) is 42.6 Å². The van der Waals surface area contributed by atoms with Gasteiger partial charge in [-0.2, -0.15) is 0 Å². The van der Waals surface area contributed by atoms with Crippen LogP contribution in [0, 0.1) is 6.92 Å². The van der Waals surface area contributed by atoms with Crippen LogP contribution in [0.25, 0.3) is 11.0 Å². The number of hydrogen-bond acceptors (Lipinski definition) is 2. The number of aryl methyl sites for hydroxylation is 1. The van der Waals surface area contributed by atoms with E-state index in [1.54, 1.807) is 0 Å². The van der Waals surface area contributed by atoms with Gasteiger partial charge < -0.3 is 10.3 Å². The van der Waals surface area contributed by atoms with Gasteiger partial charge in [0, 0.05) is 5.69 Å². The molecule has 2 N–H and O–H groups in total. The van der Waals surface area contributed by atoms with E-state index in [1.807, 2.05) is 6.92 Å². The number of nitrogens with one attached hydrogen (secondary N) is 2. The summed E-state index contributed by atoms with van der Waals surface area (Å²) in [6, 6.07) is 6.41. The molecule has 3 nitrogen and oxygen atoms in total. The van der Waals surface area contributed by atoms with E-state index in [1.165, 1.54) is 37.8 Å². The van der Waals surface area contributed by atoms with Gasteiger partial charge in [-0.15, -0.1) is 0 Å². The molecule has 0 aliphatic heterocycles. The molecule has 1 fully saturated rings. The Bertz CT molecular complexity index is 555. The van der Waals surface area contributed by atoms with Crippen LogP contribution in [0.15, 0.2) is 18.2 Å². The van der Waals surface area contributed by atoms with Crippen LogP contribution in [-0.2, 0) is 0 Å². The third-order valence-corrected chi connectivity index (χ3v) is 4.96. The van der Waals surface area contributed by atoms with Gasteiger partial charge in [0.15, 0.2) is 0 Å². The molecule has 0 spiro atoms. The van der Waals surface area contributed by atoms with Gasteiger partial charge >= 0.3 is 0 Å². The second-order valence-electron chi connectivity index (χ2n) is 5.21. The van der Waals surface area contributed by atoms with Crippen LogP contribution in [0.4, 0.5) is 5.69 Å². The maximum atomic E-state index is 4.49. The summed E-state index contributed by atoms with van der Waals surface area (Å²) in [4.78, 5) is 7.75. The van der Waals surface area contributed by atoms with Crippen molar-refractivity contribution in [2.24, 2.45) is 0 Å². The van der Waals surface area contributed by atoms with Gasteiger partial charge in [0.25, 0.3) is 0 Å². The predicted octanol–water partition coefficient (Wildman–Crippen LogP) is 4.38. The van der Waals surface area contributed by atoms with Gasteiger partial charge in [-0.25, -0.2) is 4.98 Å². The molecule has 4 heteroatoms. The second-order valence-corrected chi connectivity index (χ2v) is 7.27. The van der Waals surface area contributed by atoms with Crippen LogP contribution in [-0.4, -0.2) is 13.5 Å². The zero-order valence-corrected chi connectivity index (χ0v) is 12.8. The number of rotatable bonds is 2. The number of hydrogen-bond donors (Lipinski definition) is 2. The highest BCUT2D eigenvalue weighted by atomic mass is 127. The first kappa shape index (κ1) is 12.3. The van der Waals surface area contributed by atoms with E-state index in [0.717, 1.165) is 16.9 Å². The average molecular weight is 355 g/mol. The number of benzene rings is 1. The fourth-order valence-corrected chi connectivity index (χ4v) is 3.78. The first-order chi connectivity index (χ1) is 8.65. The van der Waals surface area contributed by atoms with Crippen molar-refractivity contribution in [3.63, 3.8) is 0 Å². The summed E-state index contributed by atoms with van der Waals surface area (Å²) in [6.45, 7) is 1.99. The Morgan fingerprint density at radius 3 is 2.83 bits per heavy atom. The first-order valence-electron chi connectivity index (χ1n) is 6.58. The molecule has 1 aromatic carbocycles. The highest BCUT2D eigenvalue weighted by molar-refractivity contribution is 14.1. The van der Waals surface area contributed by atoms with Crippen molar-refractivity contribution in [2.75, 3.05) is 5.32 Å². The van der Waals surface area contributed by atoms with Crippen molar-refractivity contribution in [1.29, 1.82) is 0 Å². The summed E-state index contributed by atoms with van der Waals surface area (Å²) >= 11 is 2.58. The largest absolute Gasteiger partial charge is 0.371 e. The smallest absolute Gasteiger partial charge is 0.104 e. The van der Waals surface area contributed by atoms with Gasteiger partial charge in [0.2, 0.25) is 0 Å². The van der Waals surface area contributed by atoms with Crippen LogP contribution in [0.2, 0.25) is 0 Å². The van der Waals surface area contributed by atoms with E-state index >= 15 is 0 Å². The Labute approximate surface area is 121 Å². The maximum absolute atomic E-state index is 4.49. The van der Waals surface area contributed by atoms with Gasteiger partial charge in [-0.3, -0.25) is 0 Å². The molecule has 18 heavy (non-hydrogen) atoms. The molecule has 0 bridgehead atoms. The van der Waals surface area contributed by atoms with Crippen molar-refractivity contribution < 1.29 is 0 Å². The molecule has 2 aromatic rings. The minimum absolute atomic E-state index is 0.231. The molecule has 1 aliphatic rings. The summed E-state index contributed by atoms with van der Waals surface area (Å²) < 4.78 is 0.231. The molecule has 0 atom stereocenters. The number of anilines is 1. The lowest BCUT2D eigenvalue weighted by Gasteiger charge is -2.33. The van der Waals surface area contributed by atoms with Crippen molar-refractivity contribution in [3.05, 3.63) is 24.0 Å². The highest BCUT2D eigenvalue weighted by Gasteiger charge is 2.28.